The van der Waals surface area contributed by atoms with Crippen LogP contribution < -0.4 is 5.32 Å². The molecule has 0 saturated carbocycles. The van der Waals surface area contributed by atoms with Crippen molar-refractivity contribution in [1.82, 2.24) is 5.32 Å². The molecule has 0 spiro atoms. The zero-order chi connectivity index (χ0) is 27.7. The lowest BCUT2D eigenvalue weighted by Crippen LogP contribution is -2.28. The van der Waals surface area contributed by atoms with Crippen molar-refractivity contribution >= 4 is 46.0 Å². The van der Waals surface area contributed by atoms with E-state index in [4.69, 9.17) is 25.4 Å². The first kappa shape index (κ1) is 27.0. The van der Waals surface area contributed by atoms with Gasteiger partial charge in [0.1, 0.15) is 22.3 Å². The second-order valence-electron chi connectivity index (χ2n) is 10.7. The van der Waals surface area contributed by atoms with E-state index in [-0.39, 0.29) is 21.9 Å². The van der Waals surface area contributed by atoms with Crippen LogP contribution in [0, 0.1) is 11.3 Å². The Kier molecular flexibility index (Phi) is 7.51. The van der Waals surface area contributed by atoms with Crippen LogP contribution in [0.25, 0.3) is 11.3 Å². The summed E-state index contributed by atoms with van der Waals surface area (Å²) < 4.78 is 11.3. The van der Waals surface area contributed by atoms with E-state index >= 15 is 0 Å². The Morgan fingerprint density at radius 3 is 2.77 bits per heavy atom. The minimum Gasteiger partial charge on any atom is -0.478 e. The van der Waals surface area contributed by atoms with Crippen molar-refractivity contribution in [3.8, 4) is 11.3 Å². The summed E-state index contributed by atoms with van der Waals surface area (Å²) in [6.45, 7) is 7.09. The second kappa shape index (κ2) is 10.9. The fourth-order valence-corrected chi connectivity index (χ4v) is 6.31. The predicted molar refractivity (Wildman–Crippen MR) is 153 cm³/mol. The molecule has 0 aliphatic heterocycles. The zero-order valence-corrected chi connectivity index (χ0v) is 23.5. The van der Waals surface area contributed by atoms with Gasteiger partial charge in [0.15, 0.2) is 0 Å². The third kappa shape index (κ3) is 5.87. The Balaban J connectivity index is 1.43. The highest BCUT2D eigenvalue weighted by Gasteiger charge is 2.33. The fourth-order valence-electron chi connectivity index (χ4n) is 4.85. The molecule has 1 atom stereocenters. The number of carbonyl (C=O) groups is 2. The Morgan fingerprint density at radius 2 is 2.05 bits per heavy atom. The molecule has 4 aromatic rings. The number of thiophene rings is 1. The summed E-state index contributed by atoms with van der Waals surface area (Å²) in [7, 11) is 0. The summed E-state index contributed by atoms with van der Waals surface area (Å²) in [5.41, 5.74) is 2.46. The van der Waals surface area contributed by atoms with Crippen LogP contribution in [0.4, 0.5) is 5.00 Å². The maximum Gasteiger partial charge on any atom is 0.337 e. The number of nitrogens with zero attached hydrogens (tertiary/aromatic N) is 1. The van der Waals surface area contributed by atoms with Crippen LogP contribution >= 0.6 is 22.9 Å². The number of carboxylic acids is 1. The molecular weight excluding hydrogens is 536 g/mol. The van der Waals surface area contributed by atoms with Crippen molar-refractivity contribution in [2.24, 2.45) is 16.3 Å². The highest BCUT2D eigenvalue weighted by atomic mass is 35.5. The van der Waals surface area contributed by atoms with Gasteiger partial charge in [-0.3, -0.25) is 4.79 Å². The van der Waals surface area contributed by atoms with E-state index in [0.29, 0.717) is 45.9 Å². The van der Waals surface area contributed by atoms with Gasteiger partial charge in [0.05, 0.1) is 35.2 Å². The SMILES string of the molecule is CC(C)(C)[C@H]1CCc2c(sc(N=Cc3ccc(-c4ccc(Cl)c(C(=O)O)c4)o3)c2C(=O)NCc2ccco2)C1. The highest BCUT2D eigenvalue weighted by molar-refractivity contribution is 7.16. The fraction of sp³-hybridized carbons (Fsp3) is 0.300. The van der Waals surface area contributed by atoms with Crippen molar-refractivity contribution in [2.75, 3.05) is 0 Å². The Labute approximate surface area is 235 Å². The van der Waals surface area contributed by atoms with Crippen LogP contribution in [0.5, 0.6) is 0 Å². The van der Waals surface area contributed by atoms with Crippen molar-refractivity contribution in [2.45, 2.75) is 46.6 Å². The minimum absolute atomic E-state index is 0.00344. The monoisotopic (exact) mass is 564 g/mol. The smallest absolute Gasteiger partial charge is 0.337 e. The predicted octanol–water partition coefficient (Wildman–Crippen LogP) is 7.78. The Hall–Kier alpha value is -3.62. The van der Waals surface area contributed by atoms with E-state index in [9.17, 15) is 14.7 Å². The zero-order valence-electron chi connectivity index (χ0n) is 21.9. The Bertz CT molecular complexity index is 1540. The number of amides is 1. The molecule has 5 rings (SSSR count). The van der Waals surface area contributed by atoms with Gasteiger partial charge in [-0.1, -0.05) is 32.4 Å². The number of benzene rings is 1. The molecule has 39 heavy (non-hydrogen) atoms. The van der Waals surface area contributed by atoms with E-state index in [1.807, 2.05) is 6.07 Å². The summed E-state index contributed by atoms with van der Waals surface area (Å²) in [4.78, 5) is 30.7. The molecule has 0 unspecified atom stereocenters. The summed E-state index contributed by atoms with van der Waals surface area (Å²) in [6.07, 6.45) is 5.96. The van der Waals surface area contributed by atoms with Gasteiger partial charge in [0, 0.05) is 10.4 Å². The summed E-state index contributed by atoms with van der Waals surface area (Å²) in [6, 6.07) is 11.8. The van der Waals surface area contributed by atoms with Crippen LogP contribution in [-0.4, -0.2) is 23.2 Å². The molecular formula is C30H29ClN2O5S. The molecule has 3 heterocycles. The third-order valence-electron chi connectivity index (χ3n) is 7.12. The number of rotatable bonds is 7. The maximum absolute atomic E-state index is 13.4. The highest BCUT2D eigenvalue weighted by Crippen LogP contribution is 2.45. The van der Waals surface area contributed by atoms with E-state index in [2.05, 4.69) is 26.1 Å². The molecule has 1 aliphatic rings. The van der Waals surface area contributed by atoms with Crippen LogP contribution in [0.15, 0.2) is 62.6 Å². The average Bonchev–Trinajstić information content (AvgIpc) is 3.65. The van der Waals surface area contributed by atoms with Crippen LogP contribution in [0.3, 0.4) is 0 Å². The molecule has 0 fully saturated rings. The third-order valence-corrected chi connectivity index (χ3v) is 8.61. The molecule has 2 N–H and O–H groups in total. The topological polar surface area (TPSA) is 105 Å². The van der Waals surface area contributed by atoms with Gasteiger partial charge in [-0.05, 0) is 78.6 Å². The number of aliphatic imine (C=N–C) groups is 1. The van der Waals surface area contributed by atoms with Gasteiger partial charge in [0.2, 0.25) is 0 Å². The van der Waals surface area contributed by atoms with E-state index in [1.165, 1.54) is 17.0 Å². The summed E-state index contributed by atoms with van der Waals surface area (Å²) in [5.74, 6) is 0.906. The lowest BCUT2D eigenvalue weighted by molar-refractivity contribution is 0.0696. The lowest BCUT2D eigenvalue weighted by atomic mass is 9.72. The van der Waals surface area contributed by atoms with Gasteiger partial charge >= 0.3 is 5.97 Å². The summed E-state index contributed by atoms with van der Waals surface area (Å²) in [5, 5.41) is 13.2. The van der Waals surface area contributed by atoms with E-state index < -0.39 is 5.97 Å². The molecule has 1 aliphatic carbocycles. The van der Waals surface area contributed by atoms with Gasteiger partial charge in [0.25, 0.3) is 5.91 Å². The molecule has 1 amide bonds. The van der Waals surface area contributed by atoms with Crippen LogP contribution in [0.1, 0.15) is 69.9 Å². The van der Waals surface area contributed by atoms with Gasteiger partial charge < -0.3 is 19.3 Å². The van der Waals surface area contributed by atoms with Gasteiger partial charge in [-0.15, -0.1) is 11.3 Å². The maximum atomic E-state index is 13.4. The number of carboxylic acid groups (broad SMARTS) is 1. The molecule has 0 saturated heterocycles. The number of carbonyl (C=O) groups excluding carboxylic acids is 1. The number of halogens is 1. The number of furan rings is 2. The molecule has 202 valence electrons. The average molecular weight is 565 g/mol. The van der Waals surface area contributed by atoms with Crippen molar-refractivity contribution in [1.29, 1.82) is 0 Å². The molecule has 3 aromatic heterocycles. The molecule has 7 nitrogen and oxygen atoms in total. The number of nitrogens with one attached hydrogen (secondary N) is 1. The van der Waals surface area contributed by atoms with Crippen LogP contribution in [-0.2, 0) is 19.4 Å². The number of aromatic carboxylic acids is 1. The van der Waals surface area contributed by atoms with E-state index in [0.717, 1.165) is 24.8 Å². The molecule has 0 radical (unpaired) electrons. The first-order valence-corrected chi connectivity index (χ1v) is 13.9. The first-order valence-electron chi connectivity index (χ1n) is 12.7. The Morgan fingerprint density at radius 1 is 1.23 bits per heavy atom. The molecule has 0 bridgehead atoms. The van der Waals surface area contributed by atoms with E-state index in [1.54, 1.807) is 48.1 Å². The van der Waals surface area contributed by atoms with Crippen molar-refractivity contribution in [3.63, 3.8) is 0 Å². The standard InChI is InChI=1S/C30H29ClN2O5S/c1-30(2,3)18-7-9-21-25(14-18)39-28(26(21)27(34)32-15-19-5-4-12-37-19)33-16-20-8-11-24(38-20)17-6-10-23(31)22(13-17)29(35)36/h4-6,8,10-13,16,18H,7,9,14-15H2,1-3H3,(H,32,34)(H,35,36)/t18-/m0/s1. The lowest BCUT2D eigenvalue weighted by Gasteiger charge is -2.33. The van der Waals surface area contributed by atoms with Gasteiger partial charge in [-0.25, -0.2) is 9.79 Å². The minimum atomic E-state index is -1.11. The number of hydrogen-bond donors (Lipinski definition) is 2. The van der Waals surface area contributed by atoms with Crippen molar-refractivity contribution in [3.05, 3.63) is 86.8 Å². The van der Waals surface area contributed by atoms with Crippen molar-refractivity contribution < 1.29 is 23.5 Å². The molecule has 1 aromatic carbocycles. The normalized spacial score (nSPS) is 15.4. The summed E-state index contributed by atoms with van der Waals surface area (Å²) >= 11 is 7.56. The number of fused-ring (bicyclic) bond motifs is 1. The number of hydrogen-bond acceptors (Lipinski definition) is 6. The first-order chi connectivity index (χ1) is 18.6. The quantitative estimate of drug-likeness (QED) is 0.223. The largest absolute Gasteiger partial charge is 0.478 e. The van der Waals surface area contributed by atoms with Crippen LogP contribution in [0.2, 0.25) is 5.02 Å². The second-order valence-corrected chi connectivity index (χ2v) is 12.2. The molecule has 9 heteroatoms. The van der Waals surface area contributed by atoms with Gasteiger partial charge in [-0.2, -0.15) is 0 Å².